The number of anilines is 1. The molecular weight excluding hydrogens is 290 g/mol. The number of aryl methyl sites for hydroxylation is 1. The molecule has 1 aromatic rings. The normalized spacial score (nSPS) is 11.3. The SMILES string of the molecule is CCOC(=O)c1nc(NCCS(=O)(=O)NC)sc1C. The van der Waals surface area contributed by atoms with Crippen molar-refractivity contribution >= 4 is 32.5 Å². The zero-order chi connectivity index (χ0) is 14.5. The molecule has 0 atom stereocenters. The molecule has 0 aromatic carbocycles. The van der Waals surface area contributed by atoms with Crippen LogP contribution in [0.3, 0.4) is 0 Å². The molecule has 0 amide bonds. The Morgan fingerprint density at radius 1 is 1.47 bits per heavy atom. The predicted octanol–water partition coefficient (Wildman–Crippen LogP) is 0.589. The third kappa shape index (κ3) is 4.77. The molecule has 1 aromatic heterocycles. The van der Waals surface area contributed by atoms with Gasteiger partial charge in [0.2, 0.25) is 10.0 Å². The molecular formula is C10H17N3O4S2. The number of hydrogen-bond donors (Lipinski definition) is 2. The van der Waals surface area contributed by atoms with Gasteiger partial charge in [-0.2, -0.15) is 0 Å². The Hall–Kier alpha value is -1.19. The summed E-state index contributed by atoms with van der Waals surface area (Å²) in [5.41, 5.74) is 0.269. The molecule has 0 aliphatic rings. The fourth-order valence-corrected chi connectivity index (χ4v) is 2.66. The molecule has 0 fully saturated rings. The first kappa shape index (κ1) is 15.9. The lowest BCUT2D eigenvalue weighted by Gasteiger charge is -2.03. The lowest BCUT2D eigenvalue weighted by Crippen LogP contribution is -2.26. The molecule has 0 saturated heterocycles. The molecule has 1 rings (SSSR count). The van der Waals surface area contributed by atoms with Gasteiger partial charge in [0, 0.05) is 11.4 Å². The van der Waals surface area contributed by atoms with Gasteiger partial charge in [0.1, 0.15) is 0 Å². The van der Waals surface area contributed by atoms with Crippen LogP contribution in [0.25, 0.3) is 0 Å². The third-order valence-corrected chi connectivity index (χ3v) is 4.52. The average molecular weight is 307 g/mol. The highest BCUT2D eigenvalue weighted by Gasteiger charge is 2.16. The van der Waals surface area contributed by atoms with Gasteiger partial charge < -0.3 is 10.1 Å². The smallest absolute Gasteiger partial charge is 0.358 e. The van der Waals surface area contributed by atoms with E-state index in [0.29, 0.717) is 11.7 Å². The van der Waals surface area contributed by atoms with Crippen LogP contribution in [-0.2, 0) is 14.8 Å². The lowest BCUT2D eigenvalue weighted by molar-refractivity contribution is 0.0519. The van der Waals surface area contributed by atoms with E-state index in [1.165, 1.54) is 18.4 Å². The van der Waals surface area contributed by atoms with Gasteiger partial charge in [0.25, 0.3) is 0 Å². The van der Waals surface area contributed by atoms with Gasteiger partial charge in [-0.15, -0.1) is 11.3 Å². The van der Waals surface area contributed by atoms with E-state index in [4.69, 9.17) is 4.74 Å². The van der Waals surface area contributed by atoms with Crippen LogP contribution in [0.2, 0.25) is 0 Å². The fourth-order valence-electron chi connectivity index (χ4n) is 1.26. The van der Waals surface area contributed by atoms with E-state index in [1.54, 1.807) is 13.8 Å². The minimum atomic E-state index is -3.25. The highest BCUT2D eigenvalue weighted by atomic mass is 32.2. The summed E-state index contributed by atoms with van der Waals surface area (Å²) in [5, 5.41) is 3.38. The number of ether oxygens (including phenoxy) is 1. The van der Waals surface area contributed by atoms with Gasteiger partial charge in [-0.05, 0) is 20.9 Å². The summed E-state index contributed by atoms with van der Waals surface area (Å²) in [6, 6.07) is 0. The Morgan fingerprint density at radius 3 is 2.74 bits per heavy atom. The summed E-state index contributed by atoms with van der Waals surface area (Å²) in [5.74, 6) is -0.524. The van der Waals surface area contributed by atoms with Crippen molar-refractivity contribution in [2.45, 2.75) is 13.8 Å². The zero-order valence-corrected chi connectivity index (χ0v) is 12.7. The topological polar surface area (TPSA) is 97.4 Å². The monoisotopic (exact) mass is 307 g/mol. The molecule has 2 N–H and O–H groups in total. The number of carbonyl (C=O) groups excluding carboxylic acids is 1. The lowest BCUT2D eigenvalue weighted by atomic mass is 10.4. The van der Waals surface area contributed by atoms with Crippen molar-refractivity contribution in [3.63, 3.8) is 0 Å². The second-order valence-corrected chi connectivity index (χ2v) is 6.84. The number of carbonyl (C=O) groups is 1. The molecule has 0 radical (unpaired) electrons. The van der Waals surface area contributed by atoms with Crippen LogP contribution in [0, 0.1) is 6.92 Å². The molecule has 108 valence electrons. The first-order chi connectivity index (χ1) is 8.89. The van der Waals surface area contributed by atoms with Crippen LogP contribution in [0.1, 0.15) is 22.3 Å². The second kappa shape index (κ2) is 6.83. The molecule has 19 heavy (non-hydrogen) atoms. The maximum Gasteiger partial charge on any atom is 0.358 e. The van der Waals surface area contributed by atoms with Crippen molar-refractivity contribution in [1.82, 2.24) is 9.71 Å². The third-order valence-electron chi connectivity index (χ3n) is 2.22. The summed E-state index contributed by atoms with van der Waals surface area (Å²) in [6.07, 6.45) is 0. The maximum absolute atomic E-state index is 11.5. The number of hydrogen-bond acceptors (Lipinski definition) is 7. The molecule has 0 bridgehead atoms. The number of nitrogens with one attached hydrogen (secondary N) is 2. The van der Waals surface area contributed by atoms with Crippen LogP contribution < -0.4 is 10.0 Å². The van der Waals surface area contributed by atoms with Crippen LogP contribution in [-0.4, -0.2) is 45.3 Å². The fraction of sp³-hybridized carbons (Fsp3) is 0.600. The Morgan fingerprint density at radius 2 is 2.16 bits per heavy atom. The number of esters is 1. The zero-order valence-electron chi connectivity index (χ0n) is 11.0. The predicted molar refractivity (Wildman–Crippen MR) is 74.1 cm³/mol. The number of thiazole rings is 1. The van der Waals surface area contributed by atoms with Gasteiger partial charge in [-0.1, -0.05) is 0 Å². The summed E-state index contributed by atoms with van der Waals surface area (Å²) in [7, 11) is -1.88. The molecule has 9 heteroatoms. The van der Waals surface area contributed by atoms with Gasteiger partial charge in [0.15, 0.2) is 10.8 Å². The van der Waals surface area contributed by atoms with E-state index in [-0.39, 0.29) is 18.0 Å². The second-order valence-electron chi connectivity index (χ2n) is 3.59. The van der Waals surface area contributed by atoms with Crippen molar-refractivity contribution < 1.29 is 17.9 Å². The summed E-state index contributed by atoms with van der Waals surface area (Å²) < 4.78 is 29.5. The first-order valence-electron chi connectivity index (χ1n) is 5.69. The standard InChI is InChI=1S/C10H17N3O4S2/c1-4-17-9(14)8-7(2)18-10(13-8)12-5-6-19(15,16)11-3/h11H,4-6H2,1-3H3,(H,12,13). The Bertz CT molecular complexity index is 539. The van der Waals surface area contributed by atoms with Gasteiger partial charge >= 0.3 is 5.97 Å². The van der Waals surface area contributed by atoms with Gasteiger partial charge in [-0.3, -0.25) is 0 Å². The molecule has 0 unspecified atom stereocenters. The van der Waals surface area contributed by atoms with Crippen LogP contribution in [0.4, 0.5) is 5.13 Å². The van der Waals surface area contributed by atoms with E-state index in [1.807, 2.05) is 0 Å². The Labute approximate surface area is 116 Å². The van der Waals surface area contributed by atoms with E-state index >= 15 is 0 Å². The average Bonchev–Trinajstić information content (AvgIpc) is 2.71. The molecule has 0 aliphatic heterocycles. The largest absolute Gasteiger partial charge is 0.461 e. The molecule has 0 saturated carbocycles. The van der Waals surface area contributed by atoms with Crippen molar-refractivity contribution in [2.75, 3.05) is 31.3 Å². The maximum atomic E-state index is 11.5. The summed E-state index contributed by atoms with van der Waals surface area (Å²) in [4.78, 5) is 16.4. The van der Waals surface area contributed by atoms with Gasteiger partial charge in [-0.25, -0.2) is 22.9 Å². The highest BCUT2D eigenvalue weighted by Crippen LogP contribution is 2.22. The van der Waals surface area contributed by atoms with E-state index in [9.17, 15) is 13.2 Å². The van der Waals surface area contributed by atoms with Crippen molar-refractivity contribution in [1.29, 1.82) is 0 Å². The highest BCUT2D eigenvalue weighted by molar-refractivity contribution is 7.89. The van der Waals surface area contributed by atoms with Crippen LogP contribution >= 0.6 is 11.3 Å². The quantitative estimate of drug-likeness (QED) is 0.716. The van der Waals surface area contributed by atoms with Crippen LogP contribution in [0.15, 0.2) is 0 Å². The van der Waals surface area contributed by atoms with Crippen molar-refractivity contribution in [3.05, 3.63) is 10.6 Å². The van der Waals surface area contributed by atoms with Crippen LogP contribution in [0.5, 0.6) is 0 Å². The Balaban J connectivity index is 2.62. The summed E-state index contributed by atoms with van der Waals surface area (Å²) in [6.45, 7) is 4.00. The molecule has 1 heterocycles. The number of rotatable bonds is 7. The minimum Gasteiger partial charge on any atom is -0.461 e. The van der Waals surface area contributed by atoms with E-state index in [2.05, 4.69) is 15.0 Å². The number of nitrogens with zero attached hydrogens (tertiary/aromatic N) is 1. The van der Waals surface area contributed by atoms with E-state index < -0.39 is 16.0 Å². The van der Waals surface area contributed by atoms with Crippen molar-refractivity contribution in [2.24, 2.45) is 0 Å². The summed E-state index contributed by atoms with van der Waals surface area (Å²) >= 11 is 1.29. The van der Waals surface area contributed by atoms with Gasteiger partial charge in [0.05, 0.1) is 12.4 Å². The molecule has 0 spiro atoms. The minimum absolute atomic E-state index is 0.0587. The van der Waals surface area contributed by atoms with E-state index in [0.717, 1.165) is 4.88 Å². The van der Waals surface area contributed by atoms with Crippen molar-refractivity contribution in [3.8, 4) is 0 Å². The number of aromatic nitrogens is 1. The Kier molecular flexibility index (Phi) is 5.70. The first-order valence-corrected chi connectivity index (χ1v) is 8.16. The molecule has 7 nitrogen and oxygen atoms in total. The molecule has 0 aliphatic carbocycles. The number of sulfonamides is 1.